The van der Waals surface area contributed by atoms with Crippen LogP contribution in [0.5, 0.6) is 0 Å². The molecule has 1 fully saturated rings. The molecule has 0 bridgehead atoms. The maximum atomic E-state index is 12.1. The molecular formula is C10H25BN4O5S. The zero-order valence-electron chi connectivity index (χ0n) is 11.9. The molecule has 0 aromatic heterocycles. The van der Waals surface area contributed by atoms with Crippen molar-refractivity contribution in [2.75, 3.05) is 26.2 Å². The van der Waals surface area contributed by atoms with Gasteiger partial charge in [0.1, 0.15) is 0 Å². The van der Waals surface area contributed by atoms with Crippen molar-refractivity contribution in [3.63, 3.8) is 0 Å². The van der Waals surface area contributed by atoms with Crippen LogP contribution in [0.1, 0.15) is 12.8 Å². The van der Waals surface area contributed by atoms with E-state index < -0.39 is 23.4 Å². The summed E-state index contributed by atoms with van der Waals surface area (Å²) in [4.78, 5) is 0. The molecule has 0 spiro atoms. The highest BCUT2D eigenvalue weighted by Crippen LogP contribution is 2.23. The molecule has 8 N–H and O–H groups in total. The molecule has 1 heterocycles. The maximum absolute atomic E-state index is 12.1. The fourth-order valence-corrected chi connectivity index (χ4v) is 3.65. The lowest BCUT2D eigenvalue weighted by atomic mass is 9.82. The molecule has 0 unspecified atom stereocenters. The Morgan fingerprint density at radius 1 is 1.38 bits per heavy atom. The Morgan fingerprint density at radius 3 is 2.62 bits per heavy atom. The first-order chi connectivity index (χ1) is 9.76. The number of hydrogen-bond acceptors (Lipinski definition) is 7. The van der Waals surface area contributed by atoms with E-state index in [1.54, 1.807) is 0 Å². The topological polar surface area (TPSA) is 162 Å². The summed E-state index contributed by atoms with van der Waals surface area (Å²) in [5.41, 5.74) is 11.4. The predicted molar refractivity (Wildman–Crippen MR) is 79.3 cm³/mol. The van der Waals surface area contributed by atoms with Crippen molar-refractivity contribution >= 4 is 17.3 Å². The van der Waals surface area contributed by atoms with E-state index in [9.17, 15) is 8.42 Å². The van der Waals surface area contributed by atoms with Crippen LogP contribution in [0.2, 0.25) is 6.32 Å². The molecule has 9 nitrogen and oxygen atoms in total. The Balaban J connectivity index is 2.46. The third kappa shape index (κ3) is 6.16. The van der Waals surface area contributed by atoms with Crippen LogP contribution in [0.4, 0.5) is 0 Å². The first kappa shape index (κ1) is 18.8. The zero-order valence-corrected chi connectivity index (χ0v) is 12.7. The molecule has 1 rings (SSSR count). The van der Waals surface area contributed by atoms with Crippen LogP contribution in [0.3, 0.4) is 0 Å². The highest BCUT2D eigenvalue weighted by atomic mass is 32.2. The number of hydrogen-bond donors (Lipinski definition) is 6. The standard InChI is InChI=1S/C10H25BN4O5S/c12-9(7-16)4-14-21(19,20)15-5-8(10(13)6-15)2-1-3-11(17)18/h8-10,14,16-18H,1-7,12-13H2/t8-,9-,10-/m0/s1. The highest BCUT2D eigenvalue weighted by Gasteiger charge is 2.36. The SMILES string of the molecule is N[C@H](CO)CNS(=O)(=O)N1C[C@H](CCCB(O)O)[C@@H](N)C1. The van der Waals surface area contributed by atoms with Gasteiger partial charge in [0.2, 0.25) is 0 Å². The Hall–Kier alpha value is -0.265. The smallest absolute Gasteiger partial charge is 0.427 e. The third-order valence-electron chi connectivity index (χ3n) is 3.60. The second kappa shape index (κ2) is 8.39. The van der Waals surface area contributed by atoms with Crippen LogP contribution in [-0.2, 0) is 10.2 Å². The molecule has 3 atom stereocenters. The van der Waals surface area contributed by atoms with Gasteiger partial charge in [-0.1, -0.05) is 6.42 Å². The van der Waals surface area contributed by atoms with Crippen LogP contribution in [0.15, 0.2) is 0 Å². The van der Waals surface area contributed by atoms with E-state index in [0.29, 0.717) is 19.4 Å². The van der Waals surface area contributed by atoms with Crippen molar-refractivity contribution in [3.8, 4) is 0 Å². The minimum atomic E-state index is -3.66. The fraction of sp³-hybridized carbons (Fsp3) is 1.00. The van der Waals surface area contributed by atoms with Gasteiger partial charge in [-0.2, -0.15) is 12.7 Å². The minimum absolute atomic E-state index is 0.00756. The van der Waals surface area contributed by atoms with Crippen LogP contribution in [0, 0.1) is 5.92 Å². The lowest BCUT2D eigenvalue weighted by molar-refractivity contribution is 0.265. The van der Waals surface area contributed by atoms with Crippen molar-refractivity contribution in [2.45, 2.75) is 31.2 Å². The summed E-state index contributed by atoms with van der Waals surface area (Å²) in [5.74, 6) is -0.00756. The minimum Gasteiger partial charge on any atom is -0.427 e. The molecule has 0 radical (unpaired) electrons. The number of aliphatic hydroxyl groups excluding tert-OH is 1. The van der Waals surface area contributed by atoms with Crippen molar-refractivity contribution in [1.82, 2.24) is 9.03 Å². The van der Waals surface area contributed by atoms with E-state index in [4.69, 9.17) is 26.6 Å². The van der Waals surface area contributed by atoms with E-state index in [2.05, 4.69) is 4.72 Å². The second-order valence-corrected chi connectivity index (χ2v) is 7.20. The van der Waals surface area contributed by atoms with E-state index in [-0.39, 0.29) is 38.0 Å². The van der Waals surface area contributed by atoms with Crippen molar-refractivity contribution < 1.29 is 23.6 Å². The van der Waals surface area contributed by atoms with Crippen LogP contribution >= 0.6 is 0 Å². The predicted octanol–water partition coefficient (Wildman–Crippen LogP) is -3.35. The molecule has 0 aliphatic carbocycles. The molecule has 21 heavy (non-hydrogen) atoms. The van der Waals surface area contributed by atoms with Gasteiger partial charge in [0.05, 0.1) is 6.61 Å². The first-order valence-electron chi connectivity index (χ1n) is 6.99. The van der Waals surface area contributed by atoms with E-state index >= 15 is 0 Å². The number of nitrogens with two attached hydrogens (primary N) is 2. The van der Waals surface area contributed by atoms with Gasteiger partial charge in [-0.25, -0.2) is 4.72 Å². The van der Waals surface area contributed by atoms with Gasteiger partial charge >= 0.3 is 7.12 Å². The molecule has 0 amide bonds. The van der Waals surface area contributed by atoms with Gasteiger partial charge in [0.25, 0.3) is 10.2 Å². The molecule has 1 aliphatic heterocycles. The summed E-state index contributed by atoms with van der Waals surface area (Å²) in [6, 6.07) is -0.915. The summed E-state index contributed by atoms with van der Waals surface area (Å²) in [7, 11) is -5.00. The van der Waals surface area contributed by atoms with Gasteiger partial charge in [0, 0.05) is 31.7 Å². The number of rotatable bonds is 9. The third-order valence-corrected chi connectivity index (χ3v) is 5.11. The van der Waals surface area contributed by atoms with Crippen LogP contribution < -0.4 is 16.2 Å². The number of nitrogens with zero attached hydrogens (tertiary/aromatic N) is 1. The molecule has 1 aliphatic rings. The lowest BCUT2D eigenvalue weighted by Crippen LogP contribution is -2.46. The van der Waals surface area contributed by atoms with Crippen LogP contribution in [-0.4, -0.2) is 73.3 Å². The Labute approximate surface area is 125 Å². The van der Waals surface area contributed by atoms with Gasteiger partial charge in [-0.3, -0.25) is 0 Å². The molecule has 1 saturated heterocycles. The average molecular weight is 324 g/mol. The second-order valence-electron chi connectivity index (χ2n) is 5.45. The summed E-state index contributed by atoms with van der Waals surface area (Å²) in [6.45, 7) is 0.183. The van der Waals surface area contributed by atoms with Crippen molar-refractivity contribution in [2.24, 2.45) is 17.4 Å². The summed E-state index contributed by atoms with van der Waals surface area (Å²) in [5, 5.41) is 26.4. The average Bonchev–Trinajstić information content (AvgIpc) is 2.78. The van der Waals surface area contributed by atoms with Gasteiger partial charge < -0.3 is 26.6 Å². The molecule has 11 heteroatoms. The highest BCUT2D eigenvalue weighted by molar-refractivity contribution is 7.87. The lowest BCUT2D eigenvalue weighted by Gasteiger charge is -2.18. The normalized spacial score (nSPS) is 25.2. The molecule has 0 aromatic carbocycles. The van der Waals surface area contributed by atoms with Gasteiger partial charge in [-0.05, 0) is 18.7 Å². The molecule has 0 aromatic rings. The summed E-state index contributed by atoms with van der Waals surface area (Å²) in [6.07, 6.45) is 1.47. The van der Waals surface area contributed by atoms with E-state index in [1.807, 2.05) is 0 Å². The number of nitrogens with one attached hydrogen (secondary N) is 1. The quantitative estimate of drug-likeness (QED) is 0.241. The summed E-state index contributed by atoms with van der Waals surface area (Å²) >= 11 is 0. The van der Waals surface area contributed by atoms with Crippen molar-refractivity contribution in [3.05, 3.63) is 0 Å². The van der Waals surface area contributed by atoms with Gasteiger partial charge in [0.15, 0.2) is 0 Å². The van der Waals surface area contributed by atoms with E-state index in [0.717, 1.165) is 0 Å². The Morgan fingerprint density at radius 2 is 2.05 bits per heavy atom. The zero-order chi connectivity index (χ0) is 16.0. The van der Waals surface area contributed by atoms with Gasteiger partial charge in [-0.15, -0.1) is 0 Å². The van der Waals surface area contributed by atoms with Crippen LogP contribution in [0.25, 0.3) is 0 Å². The maximum Gasteiger partial charge on any atom is 0.451 e. The molecule has 0 saturated carbocycles. The Bertz CT molecular complexity index is 410. The largest absolute Gasteiger partial charge is 0.451 e. The molecule has 124 valence electrons. The monoisotopic (exact) mass is 324 g/mol. The molecular weight excluding hydrogens is 299 g/mol. The first-order valence-corrected chi connectivity index (χ1v) is 8.43. The Kier molecular flexibility index (Phi) is 7.50. The summed E-state index contributed by atoms with van der Waals surface area (Å²) < 4.78 is 27.7. The van der Waals surface area contributed by atoms with E-state index in [1.165, 1.54) is 4.31 Å². The number of aliphatic hydroxyl groups is 1. The van der Waals surface area contributed by atoms with Crippen molar-refractivity contribution in [1.29, 1.82) is 0 Å². The fourth-order valence-electron chi connectivity index (χ4n) is 2.29.